The van der Waals surface area contributed by atoms with E-state index in [9.17, 15) is 0 Å². The first-order valence-corrected chi connectivity index (χ1v) is 8.58. The van der Waals surface area contributed by atoms with Gasteiger partial charge in [0.05, 0.1) is 40.2 Å². The normalized spacial score (nSPS) is 10.6. The van der Waals surface area contributed by atoms with Crippen LogP contribution in [0.1, 0.15) is 25.0 Å². The minimum Gasteiger partial charge on any atom is -0.494 e. The average molecular weight is 358 g/mol. The maximum absolute atomic E-state index is 5.67. The summed E-state index contributed by atoms with van der Waals surface area (Å²) in [5, 5.41) is 4.29. The van der Waals surface area contributed by atoms with Crippen molar-refractivity contribution in [1.29, 1.82) is 0 Å². The monoisotopic (exact) mass is 358 g/mol. The smallest absolute Gasteiger partial charge is 0.161 e. The molecule has 0 aliphatic heterocycles. The molecule has 0 aromatic heterocycles. The highest BCUT2D eigenvalue weighted by molar-refractivity contribution is 5.83. The highest BCUT2D eigenvalue weighted by Crippen LogP contribution is 2.27. The second-order valence-electron chi connectivity index (χ2n) is 5.35. The van der Waals surface area contributed by atoms with Crippen LogP contribution in [0, 0.1) is 0 Å². The summed E-state index contributed by atoms with van der Waals surface area (Å²) in [6, 6.07) is 11.5. The molecule has 26 heavy (non-hydrogen) atoms. The van der Waals surface area contributed by atoms with Crippen LogP contribution in [0.25, 0.3) is 0 Å². The number of ether oxygens (including phenoxy) is 4. The van der Waals surface area contributed by atoms with E-state index >= 15 is 0 Å². The summed E-state index contributed by atoms with van der Waals surface area (Å²) in [6.45, 7) is 5.66. The van der Waals surface area contributed by atoms with Crippen molar-refractivity contribution in [3.8, 4) is 23.0 Å². The summed E-state index contributed by atoms with van der Waals surface area (Å²) in [6.07, 6.45) is 1.74. The molecule has 6 heteroatoms. The third-order valence-electron chi connectivity index (χ3n) is 3.62. The molecule has 1 N–H and O–H groups in total. The quantitative estimate of drug-likeness (QED) is 0.519. The van der Waals surface area contributed by atoms with E-state index < -0.39 is 0 Å². The zero-order chi connectivity index (χ0) is 18.8. The Morgan fingerprint density at radius 1 is 0.885 bits per heavy atom. The first-order chi connectivity index (χ1) is 12.7. The third kappa shape index (κ3) is 5.31. The molecule has 0 amide bonds. The molecule has 6 nitrogen and oxygen atoms in total. The average Bonchev–Trinajstić information content (AvgIpc) is 2.67. The van der Waals surface area contributed by atoms with Crippen molar-refractivity contribution >= 4 is 6.21 Å². The lowest BCUT2D eigenvalue weighted by Gasteiger charge is -2.10. The summed E-state index contributed by atoms with van der Waals surface area (Å²) in [7, 11) is 3.24. The summed E-state index contributed by atoms with van der Waals surface area (Å²) in [5.41, 5.74) is 4.96. The standard InChI is InChI=1S/C20H26N2O4/c1-5-25-17-9-8-16(19(12-17)26-6-2)14-22-21-13-15-7-10-18(23-3)20(11-15)24-4/h7-12,14,21H,5-6,13H2,1-4H3/b22-14+. The fourth-order valence-electron chi connectivity index (χ4n) is 2.40. The van der Waals surface area contributed by atoms with E-state index in [1.54, 1.807) is 20.4 Å². The zero-order valence-electron chi connectivity index (χ0n) is 15.7. The summed E-state index contributed by atoms with van der Waals surface area (Å²) < 4.78 is 21.7. The van der Waals surface area contributed by atoms with Crippen LogP contribution in [0.15, 0.2) is 41.5 Å². The molecule has 0 spiro atoms. The lowest BCUT2D eigenvalue weighted by Crippen LogP contribution is -2.06. The van der Waals surface area contributed by atoms with Crippen LogP contribution in [-0.2, 0) is 6.54 Å². The van der Waals surface area contributed by atoms with Crippen LogP contribution in [0.3, 0.4) is 0 Å². The summed E-state index contributed by atoms with van der Waals surface area (Å²) in [4.78, 5) is 0. The number of rotatable bonds is 10. The van der Waals surface area contributed by atoms with E-state index in [1.807, 2.05) is 50.2 Å². The maximum Gasteiger partial charge on any atom is 0.161 e. The van der Waals surface area contributed by atoms with Crippen molar-refractivity contribution in [3.05, 3.63) is 47.5 Å². The highest BCUT2D eigenvalue weighted by Gasteiger charge is 2.05. The number of benzene rings is 2. The Kier molecular flexibility index (Phi) is 7.61. The minimum absolute atomic E-state index is 0.567. The molecule has 0 bridgehead atoms. The largest absolute Gasteiger partial charge is 0.494 e. The van der Waals surface area contributed by atoms with Crippen molar-refractivity contribution in [2.24, 2.45) is 5.10 Å². The summed E-state index contributed by atoms with van der Waals surface area (Å²) >= 11 is 0. The van der Waals surface area contributed by atoms with Gasteiger partial charge in [0.1, 0.15) is 11.5 Å². The summed E-state index contributed by atoms with van der Waals surface area (Å²) in [5.74, 6) is 2.93. The number of hydrazone groups is 1. The molecule has 0 aliphatic carbocycles. The van der Waals surface area contributed by atoms with Gasteiger partial charge in [0.15, 0.2) is 11.5 Å². The Bertz CT molecular complexity index is 732. The number of hydrogen-bond donors (Lipinski definition) is 1. The van der Waals surface area contributed by atoms with Crippen LogP contribution < -0.4 is 24.4 Å². The van der Waals surface area contributed by atoms with Crippen LogP contribution in [-0.4, -0.2) is 33.6 Å². The molecule has 0 radical (unpaired) electrons. The maximum atomic E-state index is 5.67. The van der Waals surface area contributed by atoms with Gasteiger partial charge in [0, 0.05) is 11.6 Å². The van der Waals surface area contributed by atoms with Gasteiger partial charge in [-0.15, -0.1) is 0 Å². The molecule has 140 valence electrons. The van der Waals surface area contributed by atoms with Gasteiger partial charge < -0.3 is 24.4 Å². The molecule has 2 aromatic carbocycles. The molecule has 0 fully saturated rings. The van der Waals surface area contributed by atoms with Crippen molar-refractivity contribution in [2.45, 2.75) is 20.4 Å². The van der Waals surface area contributed by atoms with E-state index in [1.165, 1.54) is 0 Å². The van der Waals surface area contributed by atoms with Crippen molar-refractivity contribution < 1.29 is 18.9 Å². The molecular weight excluding hydrogens is 332 g/mol. The molecule has 2 rings (SSSR count). The second-order valence-corrected chi connectivity index (χ2v) is 5.35. The Hall–Kier alpha value is -2.89. The third-order valence-corrected chi connectivity index (χ3v) is 3.62. The predicted molar refractivity (Wildman–Crippen MR) is 103 cm³/mol. The number of hydrogen-bond acceptors (Lipinski definition) is 6. The molecule has 0 unspecified atom stereocenters. The van der Waals surface area contributed by atoms with Gasteiger partial charge in [0.2, 0.25) is 0 Å². The number of methoxy groups -OCH3 is 2. The topological polar surface area (TPSA) is 61.3 Å². The van der Waals surface area contributed by atoms with Gasteiger partial charge in [0.25, 0.3) is 0 Å². The van der Waals surface area contributed by atoms with Crippen LogP contribution in [0.5, 0.6) is 23.0 Å². The fourth-order valence-corrected chi connectivity index (χ4v) is 2.40. The zero-order valence-corrected chi connectivity index (χ0v) is 15.7. The van der Waals surface area contributed by atoms with E-state index in [4.69, 9.17) is 18.9 Å². The van der Waals surface area contributed by atoms with Crippen LogP contribution in [0.4, 0.5) is 0 Å². The van der Waals surface area contributed by atoms with Crippen molar-refractivity contribution in [2.75, 3.05) is 27.4 Å². The van der Waals surface area contributed by atoms with Crippen molar-refractivity contribution in [3.63, 3.8) is 0 Å². The Morgan fingerprint density at radius 3 is 2.35 bits per heavy atom. The van der Waals surface area contributed by atoms with Crippen molar-refractivity contribution in [1.82, 2.24) is 5.43 Å². The molecule has 0 heterocycles. The van der Waals surface area contributed by atoms with Gasteiger partial charge in [-0.3, -0.25) is 0 Å². The van der Waals surface area contributed by atoms with Gasteiger partial charge >= 0.3 is 0 Å². The Morgan fingerprint density at radius 2 is 1.65 bits per heavy atom. The van der Waals surface area contributed by atoms with E-state index in [0.717, 1.165) is 22.6 Å². The first kappa shape index (κ1) is 19.4. The van der Waals surface area contributed by atoms with Crippen LogP contribution in [0.2, 0.25) is 0 Å². The second kappa shape index (κ2) is 10.2. The lowest BCUT2D eigenvalue weighted by molar-refractivity contribution is 0.323. The van der Waals surface area contributed by atoms with Gasteiger partial charge in [-0.2, -0.15) is 5.10 Å². The number of nitrogens with zero attached hydrogens (tertiary/aromatic N) is 1. The first-order valence-electron chi connectivity index (χ1n) is 8.58. The fraction of sp³-hybridized carbons (Fsp3) is 0.350. The van der Waals surface area contributed by atoms with Gasteiger partial charge in [-0.25, -0.2) is 0 Å². The van der Waals surface area contributed by atoms with Gasteiger partial charge in [-0.05, 0) is 43.7 Å². The molecule has 0 saturated heterocycles. The van der Waals surface area contributed by atoms with E-state index in [0.29, 0.717) is 31.3 Å². The molecule has 0 aliphatic rings. The SMILES string of the molecule is CCOc1ccc(/C=N/NCc2ccc(OC)c(OC)c2)c(OCC)c1. The van der Waals surface area contributed by atoms with E-state index in [-0.39, 0.29) is 0 Å². The molecule has 2 aromatic rings. The lowest BCUT2D eigenvalue weighted by atomic mass is 10.2. The predicted octanol–water partition coefficient (Wildman–Crippen LogP) is 3.62. The highest BCUT2D eigenvalue weighted by atomic mass is 16.5. The Labute approximate surface area is 154 Å². The minimum atomic E-state index is 0.567. The number of nitrogens with one attached hydrogen (secondary N) is 1. The molecule has 0 saturated carbocycles. The van der Waals surface area contributed by atoms with E-state index in [2.05, 4.69) is 10.5 Å². The van der Waals surface area contributed by atoms with Crippen LogP contribution >= 0.6 is 0 Å². The molecular formula is C20H26N2O4. The van der Waals surface area contributed by atoms with Gasteiger partial charge in [-0.1, -0.05) is 6.07 Å². The Balaban J connectivity index is 2.01. The molecule has 0 atom stereocenters.